The summed E-state index contributed by atoms with van der Waals surface area (Å²) in [5.74, 6) is 0.491. The number of aromatic nitrogens is 1. The second-order valence-electron chi connectivity index (χ2n) is 14.9. The Hall–Kier alpha value is -4.23. The average Bonchev–Trinajstić information content (AvgIpc) is 3.82. The van der Waals surface area contributed by atoms with Gasteiger partial charge in [-0.3, -0.25) is 19.0 Å². The first-order valence-corrected chi connectivity index (χ1v) is 22.0. The molecule has 0 unspecified atom stereocenters. The van der Waals surface area contributed by atoms with E-state index in [0.29, 0.717) is 12.2 Å². The van der Waals surface area contributed by atoms with Gasteiger partial charge in [-0.15, -0.1) is 0 Å². The summed E-state index contributed by atoms with van der Waals surface area (Å²) in [6.07, 6.45) is 2.89. The van der Waals surface area contributed by atoms with Gasteiger partial charge in [0.15, 0.2) is 11.4 Å². The van der Waals surface area contributed by atoms with Crippen LogP contribution in [-0.2, 0) is 26.5 Å². The summed E-state index contributed by atoms with van der Waals surface area (Å²) in [7, 11) is 0.641. The Morgan fingerprint density at radius 2 is 1.79 bits per heavy atom. The second kappa shape index (κ2) is 14.5. The van der Waals surface area contributed by atoms with E-state index in [1.54, 1.807) is 35.2 Å². The van der Waals surface area contributed by atoms with E-state index >= 15 is 4.79 Å². The lowest BCUT2D eigenvalue weighted by atomic mass is 9.82. The summed E-state index contributed by atoms with van der Waals surface area (Å²) in [6, 6.07) is 24.8. The maximum atomic E-state index is 15.3. The number of ether oxygens (including phenoxy) is 3. The third-order valence-electron chi connectivity index (χ3n) is 11.7. The summed E-state index contributed by atoms with van der Waals surface area (Å²) < 4.78 is 20.3. The number of halogens is 1. The number of fused-ring (bicyclic) bond motifs is 2. The number of amides is 2. The SMILES string of the molecule is COc1ccc([Si](C)(C)[C@H]2[C@H](CC(=O)N3CCC[C@H]3CO)O[C@@]3(C(=O)N(Cc4cccc(-n5cccc(OC)c5=O)c4)c4ccc(Br)cc43)[C@@H]2C)cc1. The zero-order valence-corrected chi connectivity index (χ0v) is 33.3. The normalized spacial score (nSPS) is 23.9. The zero-order valence-electron chi connectivity index (χ0n) is 30.8. The smallest absolute Gasteiger partial charge is 0.297 e. The first-order valence-electron chi connectivity index (χ1n) is 18.1. The van der Waals surface area contributed by atoms with Gasteiger partial charge in [0, 0.05) is 34.4 Å². The molecule has 3 aliphatic heterocycles. The summed E-state index contributed by atoms with van der Waals surface area (Å²) >= 11 is 3.68. The van der Waals surface area contributed by atoms with Crippen molar-refractivity contribution in [3.05, 3.63) is 111 Å². The Balaban J connectivity index is 1.29. The van der Waals surface area contributed by atoms with Crippen LogP contribution in [0, 0.1) is 5.92 Å². The molecule has 0 bridgehead atoms. The Morgan fingerprint density at radius 1 is 1.02 bits per heavy atom. The molecule has 2 fully saturated rings. The van der Waals surface area contributed by atoms with Crippen LogP contribution in [0.5, 0.6) is 11.5 Å². The van der Waals surface area contributed by atoms with Crippen LogP contribution in [0.15, 0.2) is 94.3 Å². The van der Waals surface area contributed by atoms with Crippen molar-refractivity contribution in [1.29, 1.82) is 0 Å². The molecule has 7 rings (SSSR count). The van der Waals surface area contributed by atoms with Crippen LogP contribution in [-0.4, -0.2) is 74.0 Å². The van der Waals surface area contributed by atoms with Crippen LogP contribution in [0.3, 0.4) is 0 Å². The fourth-order valence-electron chi connectivity index (χ4n) is 9.11. The minimum atomic E-state index is -2.48. The molecule has 1 aromatic heterocycles. The minimum absolute atomic E-state index is 0.0540. The van der Waals surface area contributed by atoms with E-state index < -0.39 is 19.8 Å². The van der Waals surface area contributed by atoms with Gasteiger partial charge in [-0.1, -0.05) is 65.4 Å². The van der Waals surface area contributed by atoms with E-state index in [1.807, 2.05) is 54.6 Å². The number of aliphatic hydroxyl groups excluding tert-OH is 1. The van der Waals surface area contributed by atoms with Crippen LogP contribution >= 0.6 is 15.9 Å². The molecule has 278 valence electrons. The molecule has 2 saturated heterocycles. The predicted octanol–water partition coefficient (Wildman–Crippen LogP) is 5.75. The number of pyridine rings is 1. The maximum Gasteiger partial charge on any atom is 0.297 e. The molecule has 53 heavy (non-hydrogen) atoms. The minimum Gasteiger partial charge on any atom is -0.497 e. The summed E-state index contributed by atoms with van der Waals surface area (Å²) in [4.78, 5) is 46.0. The summed E-state index contributed by atoms with van der Waals surface area (Å²) in [6.45, 7) is 7.49. The molecule has 0 radical (unpaired) electrons. The average molecular weight is 801 g/mol. The number of aliphatic hydroxyl groups is 1. The van der Waals surface area contributed by atoms with Crippen LogP contribution in [0.1, 0.15) is 37.3 Å². The van der Waals surface area contributed by atoms with Crippen molar-refractivity contribution in [3.63, 3.8) is 0 Å². The molecular formula is C41H46BrN3O7Si. The van der Waals surface area contributed by atoms with E-state index in [4.69, 9.17) is 14.2 Å². The number of hydrogen-bond acceptors (Lipinski definition) is 7. The van der Waals surface area contributed by atoms with Crippen molar-refractivity contribution in [2.24, 2.45) is 5.92 Å². The van der Waals surface area contributed by atoms with Crippen LogP contribution in [0.25, 0.3) is 5.69 Å². The molecule has 10 nitrogen and oxygen atoms in total. The number of nitrogens with zero attached hydrogens (tertiary/aromatic N) is 3. The van der Waals surface area contributed by atoms with Gasteiger partial charge in [0.25, 0.3) is 11.5 Å². The monoisotopic (exact) mass is 799 g/mol. The molecule has 3 aromatic carbocycles. The first kappa shape index (κ1) is 37.1. The number of rotatable bonds is 10. The Bertz CT molecular complexity index is 2090. The number of anilines is 1. The van der Waals surface area contributed by atoms with Gasteiger partial charge in [-0.05, 0) is 78.5 Å². The fraction of sp³-hybridized carbons (Fsp3) is 0.390. The molecule has 0 aliphatic carbocycles. The largest absolute Gasteiger partial charge is 0.497 e. The maximum absolute atomic E-state index is 15.3. The van der Waals surface area contributed by atoms with Crippen LogP contribution in [0.2, 0.25) is 18.6 Å². The molecule has 5 atom stereocenters. The number of carbonyl (C=O) groups excluding carboxylic acids is 2. The van der Waals surface area contributed by atoms with E-state index in [0.717, 1.165) is 39.9 Å². The molecule has 12 heteroatoms. The summed E-state index contributed by atoms with van der Waals surface area (Å²) in [5.41, 5.74) is 1.29. The highest BCUT2D eigenvalue weighted by Crippen LogP contribution is 2.60. The quantitative estimate of drug-likeness (QED) is 0.204. The lowest BCUT2D eigenvalue weighted by Gasteiger charge is -2.37. The molecule has 1 N–H and O–H groups in total. The molecule has 4 heterocycles. The van der Waals surface area contributed by atoms with Gasteiger partial charge in [0.05, 0.1) is 59.7 Å². The van der Waals surface area contributed by atoms with Crippen LogP contribution < -0.4 is 25.1 Å². The van der Waals surface area contributed by atoms with Gasteiger partial charge in [0.1, 0.15) is 5.75 Å². The Morgan fingerprint density at radius 3 is 2.51 bits per heavy atom. The van der Waals surface area contributed by atoms with Crippen molar-refractivity contribution >= 4 is 46.7 Å². The molecule has 1 spiro atoms. The van der Waals surface area contributed by atoms with E-state index in [-0.39, 0.29) is 60.2 Å². The Labute approximate surface area is 319 Å². The fourth-order valence-corrected chi connectivity index (χ4v) is 13.5. The number of benzene rings is 3. The predicted molar refractivity (Wildman–Crippen MR) is 210 cm³/mol. The Kier molecular flexibility index (Phi) is 10.2. The number of likely N-dealkylation sites (tertiary alicyclic amines) is 1. The van der Waals surface area contributed by atoms with Gasteiger partial charge < -0.3 is 29.1 Å². The van der Waals surface area contributed by atoms with Crippen molar-refractivity contribution < 1.29 is 28.9 Å². The van der Waals surface area contributed by atoms with Gasteiger partial charge in [-0.2, -0.15) is 0 Å². The lowest BCUT2D eigenvalue weighted by Crippen LogP contribution is -2.52. The molecule has 3 aliphatic rings. The van der Waals surface area contributed by atoms with Gasteiger partial charge >= 0.3 is 0 Å². The van der Waals surface area contributed by atoms with Crippen molar-refractivity contribution in [2.45, 2.75) is 69.1 Å². The molecule has 4 aromatic rings. The third-order valence-corrected chi connectivity index (χ3v) is 16.6. The topological polar surface area (TPSA) is 111 Å². The van der Waals surface area contributed by atoms with Crippen LogP contribution in [0.4, 0.5) is 5.69 Å². The van der Waals surface area contributed by atoms with E-state index in [9.17, 15) is 14.7 Å². The third kappa shape index (κ3) is 6.33. The number of carbonyl (C=O) groups is 2. The standard InChI is InChI=1S/C41H46BrN3O7Si/c1-26-38(53(4,5)32-16-14-31(50-2)15-17-32)36(23-37(47)43-19-7-11-30(43)25-46)52-41(26)33-22-28(42)13-18-34(33)45(40(41)49)24-27-9-6-10-29(21-27)44-20-8-12-35(51-3)39(44)48/h6,8-10,12-18,20-22,26,30,36,38,46H,7,11,19,23-25H2,1-5H3/t26-,30+,36+,38-,41+/m1/s1. The zero-order chi connectivity index (χ0) is 37.7. The highest BCUT2D eigenvalue weighted by molar-refractivity contribution is 9.10. The van der Waals surface area contributed by atoms with Crippen molar-refractivity contribution in [2.75, 3.05) is 32.3 Å². The van der Waals surface area contributed by atoms with E-state index in [1.165, 1.54) is 16.9 Å². The molecule has 0 saturated carbocycles. The highest BCUT2D eigenvalue weighted by Gasteiger charge is 2.66. The lowest BCUT2D eigenvalue weighted by molar-refractivity contribution is -0.150. The second-order valence-corrected chi connectivity index (χ2v) is 20.5. The molecular weight excluding hydrogens is 754 g/mol. The van der Waals surface area contributed by atoms with E-state index in [2.05, 4.69) is 48.1 Å². The van der Waals surface area contributed by atoms with Crippen molar-refractivity contribution in [1.82, 2.24) is 9.47 Å². The van der Waals surface area contributed by atoms with Crippen molar-refractivity contribution in [3.8, 4) is 17.2 Å². The van der Waals surface area contributed by atoms with Gasteiger partial charge in [0.2, 0.25) is 5.91 Å². The summed E-state index contributed by atoms with van der Waals surface area (Å²) in [5, 5.41) is 11.2. The number of hydrogen-bond donors (Lipinski definition) is 1. The highest BCUT2D eigenvalue weighted by atomic mass is 79.9. The first-order chi connectivity index (χ1) is 25.4. The van der Waals surface area contributed by atoms with Gasteiger partial charge in [-0.25, -0.2) is 0 Å². The molecule has 2 amide bonds. The number of methoxy groups -OCH3 is 2.